The average molecular weight is 365 g/mol. The Bertz CT molecular complexity index is 827. The summed E-state index contributed by atoms with van der Waals surface area (Å²) in [6.45, 7) is 8.16. The molecule has 1 aromatic carbocycles. The smallest absolute Gasteiger partial charge is 0.256 e. The van der Waals surface area contributed by atoms with Gasteiger partial charge in [0.25, 0.3) is 5.91 Å². The van der Waals surface area contributed by atoms with Crippen molar-refractivity contribution in [3.05, 3.63) is 47.7 Å². The van der Waals surface area contributed by atoms with Crippen molar-refractivity contribution in [3.8, 4) is 0 Å². The van der Waals surface area contributed by atoms with E-state index in [-0.39, 0.29) is 5.91 Å². The highest BCUT2D eigenvalue weighted by molar-refractivity contribution is 6.00. The van der Waals surface area contributed by atoms with E-state index in [9.17, 15) is 4.79 Å². The third-order valence-corrected chi connectivity index (χ3v) is 5.17. The first-order chi connectivity index (χ1) is 13.1. The molecule has 0 bridgehead atoms. The highest BCUT2D eigenvalue weighted by atomic mass is 16.2. The van der Waals surface area contributed by atoms with Crippen LogP contribution in [0.25, 0.3) is 0 Å². The molecule has 2 aromatic rings. The van der Waals surface area contributed by atoms with E-state index in [1.165, 1.54) is 5.56 Å². The van der Waals surface area contributed by atoms with E-state index in [1.807, 2.05) is 29.3 Å². The Labute approximate surface area is 160 Å². The molecule has 0 unspecified atom stereocenters. The zero-order valence-corrected chi connectivity index (χ0v) is 16.0. The van der Waals surface area contributed by atoms with Crippen LogP contribution in [-0.4, -0.2) is 54.6 Å². The highest BCUT2D eigenvalue weighted by Crippen LogP contribution is 2.29. The van der Waals surface area contributed by atoms with Crippen molar-refractivity contribution in [2.45, 2.75) is 26.3 Å². The van der Waals surface area contributed by atoms with Crippen LogP contribution in [0.5, 0.6) is 0 Å². The molecular weight excluding hydrogens is 338 g/mol. The van der Waals surface area contributed by atoms with Crippen molar-refractivity contribution in [2.75, 3.05) is 48.3 Å². The summed E-state index contributed by atoms with van der Waals surface area (Å²) in [6, 6.07) is 10.4. The van der Waals surface area contributed by atoms with Crippen molar-refractivity contribution in [2.24, 2.45) is 0 Å². The van der Waals surface area contributed by atoms with Gasteiger partial charge in [-0.3, -0.25) is 4.79 Å². The molecule has 0 radical (unpaired) electrons. The van der Waals surface area contributed by atoms with Gasteiger partial charge in [0.2, 0.25) is 0 Å². The molecule has 142 valence electrons. The molecule has 0 atom stereocenters. The number of benzene rings is 1. The fourth-order valence-electron chi connectivity index (χ4n) is 3.88. The number of piperazine rings is 1. The van der Waals surface area contributed by atoms with Crippen LogP contribution in [0.3, 0.4) is 0 Å². The summed E-state index contributed by atoms with van der Waals surface area (Å²) in [5.41, 5.74) is 4.13. The Balaban J connectivity index is 1.46. The van der Waals surface area contributed by atoms with Crippen LogP contribution >= 0.6 is 0 Å². The van der Waals surface area contributed by atoms with E-state index >= 15 is 0 Å². The number of carbonyl (C=O) groups is 1. The van der Waals surface area contributed by atoms with Crippen molar-refractivity contribution in [1.29, 1.82) is 0 Å². The third-order valence-electron chi connectivity index (χ3n) is 5.17. The van der Waals surface area contributed by atoms with Crippen molar-refractivity contribution < 1.29 is 4.79 Å². The highest BCUT2D eigenvalue weighted by Gasteiger charge is 2.27. The van der Waals surface area contributed by atoms with Crippen LogP contribution in [0, 0.1) is 0 Å². The molecule has 2 N–H and O–H groups in total. The number of nitrogens with one attached hydrogen (secondary N) is 2. The van der Waals surface area contributed by atoms with E-state index < -0.39 is 0 Å². The number of carbonyl (C=O) groups excluding carboxylic acids is 1. The summed E-state index contributed by atoms with van der Waals surface area (Å²) in [4.78, 5) is 21.9. The lowest BCUT2D eigenvalue weighted by Crippen LogP contribution is -2.49. The number of nitrogens with zero attached hydrogens (tertiary/aromatic N) is 3. The first-order valence-electron chi connectivity index (χ1n) is 9.75. The molecule has 0 spiro atoms. The van der Waals surface area contributed by atoms with Crippen LogP contribution in [0.4, 0.5) is 17.2 Å². The van der Waals surface area contributed by atoms with Crippen molar-refractivity contribution >= 4 is 23.1 Å². The summed E-state index contributed by atoms with van der Waals surface area (Å²) >= 11 is 0. The second-order valence-electron chi connectivity index (χ2n) is 7.47. The Hall–Kier alpha value is -2.76. The Morgan fingerprint density at radius 1 is 1.15 bits per heavy atom. The van der Waals surface area contributed by atoms with Gasteiger partial charge in [-0.25, -0.2) is 4.98 Å². The molecule has 1 fully saturated rings. The first-order valence-corrected chi connectivity index (χ1v) is 9.75. The van der Waals surface area contributed by atoms with Crippen LogP contribution < -0.4 is 15.5 Å². The zero-order valence-electron chi connectivity index (χ0n) is 16.0. The monoisotopic (exact) mass is 365 g/mol. The van der Waals surface area contributed by atoms with Gasteiger partial charge < -0.3 is 20.4 Å². The van der Waals surface area contributed by atoms with Crippen LogP contribution in [0.1, 0.15) is 29.8 Å². The molecule has 1 aromatic heterocycles. The third kappa shape index (κ3) is 3.56. The molecule has 2 aliphatic heterocycles. The van der Waals surface area contributed by atoms with Gasteiger partial charge >= 0.3 is 0 Å². The fraction of sp³-hybridized carbons (Fsp3) is 0.429. The lowest BCUT2D eigenvalue weighted by Gasteiger charge is -2.36. The molecule has 6 nitrogen and oxygen atoms in total. The molecule has 4 rings (SSSR count). The first kappa shape index (κ1) is 17.6. The maximum atomic E-state index is 13.1. The number of pyridine rings is 1. The van der Waals surface area contributed by atoms with Gasteiger partial charge in [-0.15, -0.1) is 0 Å². The van der Waals surface area contributed by atoms with Gasteiger partial charge in [-0.2, -0.15) is 0 Å². The standard InChI is InChI=1S/C21H27N5O/c1-15(2)24-18-7-4-9-23-20(18)25-11-13-26(14-12-25)21(27)17-6-3-5-16-8-10-22-19(16)17/h3-7,9,15,22,24H,8,10-14H2,1-2H3. The normalized spacial score (nSPS) is 16.3. The summed E-state index contributed by atoms with van der Waals surface area (Å²) in [7, 11) is 0. The molecule has 0 aliphatic carbocycles. The largest absolute Gasteiger partial charge is 0.384 e. The van der Waals surface area contributed by atoms with Gasteiger partial charge in [0.05, 0.1) is 16.9 Å². The van der Waals surface area contributed by atoms with Crippen LogP contribution in [0.15, 0.2) is 36.5 Å². The Morgan fingerprint density at radius 2 is 1.96 bits per heavy atom. The van der Waals surface area contributed by atoms with Gasteiger partial charge in [0, 0.05) is 45.0 Å². The van der Waals surface area contributed by atoms with E-state index in [4.69, 9.17) is 0 Å². The van der Waals surface area contributed by atoms with Gasteiger partial charge in [-0.05, 0) is 44.0 Å². The Morgan fingerprint density at radius 3 is 2.74 bits per heavy atom. The minimum Gasteiger partial charge on any atom is -0.384 e. The van der Waals surface area contributed by atoms with Crippen LogP contribution in [0.2, 0.25) is 0 Å². The predicted molar refractivity (Wildman–Crippen MR) is 110 cm³/mol. The second kappa shape index (κ2) is 7.47. The number of fused-ring (bicyclic) bond motifs is 1. The van der Waals surface area contributed by atoms with E-state index in [2.05, 4.69) is 46.5 Å². The van der Waals surface area contributed by atoms with Crippen molar-refractivity contribution in [1.82, 2.24) is 9.88 Å². The van der Waals surface area contributed by atoms with Crippen molar-refractivity contribution in [3.63, 3.8) is 0 Å². The number of para-hydroxylation sites is 1. The van der Waals surface area contributed by atoms with E-state index in [1.54, 1.807) is 0 Å². The Kier molecular flexibility index (Phi) is 4.88. The number of amides is 1. The zero-order chi connectivity index (χ0) is 18.8. The lowest BCUT2D eigenvalue weighted by molar-refractivity contribution is 0.0747. The number of hydrogen-bond donors (Lipinski definition) is 2. The summed E-state index contributed by atoms with van der Waals surface area (Å²) in [6.07, 6.45) is 2.83. The molecule has 1 amide bonds. The maximum absolute atomic E-state index is 13.1. The topological polar surface area (TPSA) is 60.5 Å². The number of aromatic nitrogens is 1. The number of rotatable bonds is 4. The summed E-state index contributed by atoms with van der Waals surface area (Å²) in [5.74, 6) is 1.10. The van der Waals surface area contributed by atoms with Gasteiger partial charge in [-0.1, -0.05) is 12.1 Å². The molecule has 2 aliphatic rings. The second-order valence-corrected chi connectivity index (χ2v) is 7.47. The number of anilines is 3. The molecule has 3 heterocycles. The van der Waals surface area contributed by atoms with E-state index in [0.29, 0.717) is 19.1 Å². The molecule has 27 heavy (non-hydrogen) atoms. The number of hydrogen-bond acceptors (Lipinski definition) is 5. The molecule has 6 heteroatoms. The summed E-state index contributed by atoms with van der Waals surface area (Å²) in [5, 5.41) is 6.84. The van der Waals surface area contributed by atoms with Crippen LogP contribution in [-0.2, 0) is 6.42 Å². The molecule has 1 saturated heterocycles. The quantitative estimate of drug-likeness (QED) is 0.872. The average Bonchev–Trinajstić information content (AvgIpc) is 3.16. The minimum atomic E-state index is 0.127. The summed E-state index contributed by atoms with van der Waals surface area (Å²) < 4.78 is 0. The lowest BCUT2D eigenvalue weighted by atomic mass is 10.1. The predicted octanol–water partition coefficient (Wildman–Crippen LogP) is 2.83. The van der Waals surface area contributed by atoms with Gasteiger partial charge in [0.15, 0.2) is 5.82 Å². The molecular formula is C21H27N5O. The maximum Gasteiger partial charge on any atom is 0.256 e. The fourth-order valence-corrected chi connectivity index (χ4v) is 3.88. The molecule has 0 saturated carbocycles. The SMILES string of the molecule is CC(C)Nc1cccnc1N1CCN(C(=O)c2cccc3c2NCC3)CC1. The van der Waals surface area contributed by atoms with E-state index in [0.717, 1.165) is 48.8 Å². The van der Waals surface area contributed by atoms with Gasteiger partial charge in [0.1, 0.15) is 0 Å². The minimum absolute atomic E-state index is 0.127.